The Bertz CT molecular complexity index is 377. The molecule has 0 spiro atoms. The SMILES string of the molecule is CCc1ccc(C(O)C(C)N(C)CC(C)(C)C)cc1. The Hall–Kier alpha value is -0.860. The molecule has 1 rings (SSSR count). The first-order valence-electron chi connectivity index (χ1n) is 7.21. The summed E-state index contributed by atoms with van der Waals surface area (Å²) in [5.41, 5.74) is 2.56. The van der Waals surface area contributed by atoms with Gasteiger partial charge in [-0.25, -0.2) is 0 Å². The van der Waals surface area contributed by atoms with Crippen molar-refractivity contribution in [3.8, 4) is 0 Å². The van der Waals surface area contributed by atoms with E-state index in [-0.39, 0.29) is 11.5 Å². The number of aliphatic hydroxyl groups is 1. The van der Waals surface area contributed by atoms with Gasteiger partial charge in [0.15, 0.2) is 0 Å². The highest BCUT2D eigenvalue weighted by atomic mass is 16.3. The summed E-state index contributed by atoms with van der Waals surface area (Å²) in [6.45, 7) is 11.9. The van der Waals surface area contributed by atoms with Gasteiger partial charge in [-0.15, -0.1) is 0 Å². The molecule has 19 heavy (non-hydrogen) atoms. The molecular formula is C17H29NO. The van der Waals surface area contributed by atoms with Gasteiger partial charge < -0.3 is 10.0 Å². The molecule has 108 valence electrons. The van der Waals surface area contributed by atoms with Crippen LogP contribution in [0.4, 0.5) is 0 Å². The van der Waals surface area contributed by atoms with Crippen LogP contribution in [0.2, 0.25) is 0 Å². The van der Waals surface area contributed by atoms with E-state index in [1.165, 1.54) is 5.56 Å². The molecule has 0 radical (unpaired) electrons. The molecular weight excluding hydrogens is 234 g/mol. The summed E-state index contributed by atoms with van der Waals surface area (Å²) in [7, 11) is 2.08. The van der Waals surface area contributed by atoms with Crippen LogP contribution in [0.5, 0.6) is 0 Å². The zero-order chi connectivity index (χ0) is 14.6. The normalized spacial score (nSPS) is 15.6. The molecule has 0 fully saturated rings. The molecule has 0 aliphatic heterocycles. The lowest BCUT2D eigenvalue weighted by Crippen LogP contribution is -2.39. The number of benzene rings is 1. The first-order valence-corrected chi connectivity index (χ1v) is 7.21. The monoisotopic (exact) mass is 263 g/mol. The fourth-order valence-electron chi connectivity index (χ4n) is 2.36. The van der Waals surface area contributed by atoms with Crippen molar-refractivity contribution in [1.82, 2.24) is 4.90 Å². The van der Waals surface area contributed by atoms with Crippen molar-refractivity contribution in [2.75, 3.05) is 13.6 Å². The number of aliphatic hydroxyl groups excluding tert-OH is 1. The predicted molar refractivity (Wildman–Crippen MR) is 82.3 cm³/mol. The van der Waals surface area contributed by atoms with Gasteiger partial charge in [0.2, 0.25) is 0 Å². The third-order valence-corrected chi connectivity index (χ3v) is 3.61. The van der Waals surface area contributed by atoms with Crippen LogP contribution in [-0.4, -0.2) is 29.6 Å². The number of nitrogens with zero attached hydrogens (tertiary/aromatic N) is 1. The van der Waals surface area contributed by atoms with Crippen molar-refractivity contribution in [3.63, 3.8) is 0 Å². The van der Waals surface area contributed by atoms with Crippen LogP contribution in [-0.2, 0) is 6.42 Å². The molecule has 0 heterocycles. The van der Waals surface area contributed by atoms with Crippen LogP contribution >= 0.6 is 0 Å². The Balaban J connectivity index is 2.72. The van der Waals surface area contributed by atoms with Crippen LogP contribution in [0.25, 0.3) is 0 Å². The minimum absolute atomic E-state index is 0.117. The summed E-state index contributed by atoms with van der Waals surface area (Å²) >= 11 is 0. The molecule has 2 unspecified atom stereocenters. The lowest BCUT2D eigenvalue weighted by molar-refractivity contribution is 0.0556. The van der Waals surface area contributed by atoms with Gasteiger partial charge in [0.1, 0.15) is 0 Å². The Morgan fingerprint density at radius 2 is 1.68 bits per heavy atom. The molecule has 1 aromatic carbocycles. The molecule has 0 aromatic heterocycles. The number of likely N-dealkylation sites (N-methyl/N-ethyl adjacent to an activating group) is 1. The van der Waals surface area contributed by atoms with Crippen molar-refractivity contribution in [1.29, 1.82) is 0 Å². The summed E-state index contributed by atoms with van der Waals surface area (Å²) in [6.07, 6.45) is 0.605. The van der Waals surface area contributed by atoms with Crippen LogP contribution in [0.1, 0.15) is 51.8 Å². The summed E-state index contributed by atoms with van der Waals surface area (Å²) in [5, 5.41) is 10.5. The highest BCUT2D eigenvalue weighted by molar-refractivity contribution is 5.24. The van der Waals surface area contributed by atoms with Gasteiger partial charge >= 0.3 is 0 Å². The van der Waals surface area contributed by atoms with Gasteiger partial charge in [-0.1, -0.05) is 52.0 Å². The highest BCUT2D eigenvalue weighted by Gasteiger charge is 2.23. The van der Waals surface area contributed by atoms with Gasteiger partial charge in [0.05, 0.1) is 6.10 Å². The molecule has 2 nitrogen and oxygen atoms in total. The third-order valence-electron chi connectivity index (χ3n) is 3.61. The van der Waals surface area contributed by atoms with Crippen molar-refractivity contribution in [3.05, 3.63) is 35.4 Å². The van der Waals surface area contributed by atoms with Crippen molar-refractivity contribution in [2.45, 2.75) is 53.2 Å². The standard InChI is InChI=1S/C17H29NO/c1-7-14-8-10-15(11-9-14)16(19)13(2)18(6)12-17(3,4)5/h8-11,13,16,19H,7,12H2,1-6H3. The maximum atomic E-state index is 10.5. The van der Waals surface area contributed by atoms with E-state index in [4.69, 9.17) is 0 Å². The topological polar surface area (TPSA) is 23.5 Å². The van der Waals surface area contributed by atoms with Gasteiger partial charge in [-0.05, 0) is 36.9 Å². The molecule has 0 amide bonds. The Morgan fingerprint density at radius 3 is 2.11 bits per heavy atom. The quantitative estimate of drug-likeness (QED) is 0.876. The smallest absolute Gasteiger partial charge is 0.0942 e. The molecule has 0 saturated heterocycles. The maximum absolute atomic E-state index is 10.5. The van der Waals surface area contributed by atoms with Crippen LogP contribution < -0.4 is 0 Å². The Labute approximate surface area is 118 Å². The summed E-state index contributed by atoms with van der Waals surface area (Å²) in [5.74, 6) is 0. The van der Waals surface area contributed by atoms with E-state index in [0.29, 0.717) is 0 Å². The third kappa shape index (κ3) is 4.96. The second-order valence-electron chi connectivity index (χ2n) is 6.76. The largest absolute Gasteiger partial charge is 0.387 e. The van der Waals surface area contributed by atoms with E-state index in [1.807, 2.05) is 12.1 Å². The predicted octanol–water partition coefficient (Wildman–Crippen LogP) is 3.65. The van der Waals surface area contributed by atoms with E-state index in [0.717, 1.165) is 18.5 Å². The summed E-state index contributed by atoms with van der Waals surface area (Å²) in [6, 6.07) is 8.42. The second-order valence-corrected chi connectivity index (χ2v) is 6.76. The average molecular weight is 263 g/mol. The Morgan fingerprint density at radius 1 is 1.16 bits per heavy atom. The minimum Gasteiger partial charge on any atom is -0.387 e. The van der Waals surface area contributed by atoms with E-state index in [2.05, 4.69) is 58.7 Å². The first-order chi connectivity index (χ1) is 8.74. The van der Waals surface area contributed by atoms with Crippen molar-refractivity contribution in [2.24, 2.45) is 5.41 Å². The number of aryl methyl sites for hydroxylation is 1. The average Bonchev–Trinajstić information content (AvgIpc) is 2.35. The van der Waals surface area contributed by atoms with Crippen LogP contribution in [0, 0.1) is 5.41 Å². The van der Waals surface area contributed by atoms with Crippen molar-refractivity contribution < 1.29 is 5.11 Å². The highest BCUT2D eigenvalue weighted by Crippen LogP contribution is 2.23. The van der Waals surface area contributed by atoms with Gasteiger partial charge in [0, 0.05) is 12.6 Å². The molecule has 2 atom stereocenters. The van der Waals surface area contributed by atoms with E-state index in [1.54, 1.807) is 0 Å². The zero-order valence-electron chi connectivity index (χ0n) is 13.3. The minimum atomic E-state index is -0.432. The molecule has 0 aliphatic rings. The summed E-state index contributed by atoms with van der Waals surface area (Å²) in [4.78, 5) is 2.23. The zero-order valence-corrected chi connectivity index (χ0v) is 13.3. The van der Waals surface area contributed by atoms with E-state index in [9.17, 15) is 5.11 Å². The van der Waals surface area contributed by atoms with Gasteiger partial charge in [0.25, 0.3) is 0 Å². The molecule has 1 aromatic rings. The molecule has 0 saturated carbocycles. The van der Waals surface area contributed by atoms with Gasteiger partial charge in [-0.2, -0.15) is 0 Å². The number of hydrogen-bond donors (Lipinski definition) is 1. The molecule has 2 heteroatoms. The lowest BCUT2D eigenvalue weighted by atomic mass is 9.94. The van der Waals surface area contributed by atoms with Crippen molar-refractivity contribution >= 4 is 0 Å². The molecule has 0 bridgehead atoms. The fraction of sp³-hybridized carbons (Fsp3) is 0.647. The van der Waals surface area contributed by atoms with Crippen LogP contribution in [0.15, 0.2) is 24.3 Å². The fourth-order valence-corrected chi connectivity index (χ4v) is 2.36. The lowest BCUT2D eigenvalue weighted by Gasteiger charge is -2.34. The number of hydrogen-bond acceptors (Lipinski definition) is 2. The van der Waals surface area contributed by atoms with Gasteiger partial charge in [-0.3, -0.25) is 0 Å². The molecule has 0 aliphatic carbocycles. The first kappa shape index (κ1) is 16.2. The molecule has 1 N–H and O–H groups in total. The van der Waals surface area contributed by atoms with E-state index < -0.39 is 6.10 Å². The van der Waals surface area contributed by atoms with E-state index >= 15 is 0 Å². The number of rotatable bonds is 5. The van der Waals surface area contributed by atoms with Crippen LogP contribution in [0.3, 0.4) is 0 Å². The maximum Gasteiger partial charge on any atom is 0.0942 e. The summed E-state index contributed by atoms with van der Waals surface area (Å²) < 4.78 is 0. The second kappa shape index (κ2) is 6.53. The Kier molecular flexibility index (Phi) is 5.57.